The number of hydrogen-bond acceptors (Lipinski definition) is 0. The summed E-state index contributed by atoms with van der Waals surface area (Å²) in [4.78, 5) is 0. The number of hydrogen-bond donors (Lipinski definition) is 0. The van der Waals surface area contributed by atoms with Gasteiger partial charge in [0.25, 0.3) is 0 Å². The highest BCUT2D eigenvalue weighted by Crippen LogP contribution is 2.69. The van der Waals surface area contributed by atoms with Gasteiger partial charge >= 0.3 is 0 Å². The summed E-state index contributed by atoms with van der Waals surface area (Å²) in [5.74, 6) is 5.16. The topological polar surface area (TPSA) is 0 Å². The molecule has 0 spiro atoms. The molecule has 0 N–H and O–H groups in total. The van der Waals surface area contributed by atoms with E-state index in [1.54, 1.807) is 6.42 Å². The van der Waals surface area contributed by atoms with Crippen molar-refractivity contribution in [1.82, 2.24) is 0 Å². The standard InChI is InChI=1S/C11H17/c1-11(2)9-5-7-3-4-8(6-9)10(7)11/h7,9-10H,3-6H2,1-2H3/q+1/t7-,9-,10+/m0/s1. The van der Waals surface area contributed by atoms with Crippen LogP contribution in [0.4, 0.5) is 0 Å². The molecule has 0 heterocycles. The molecule has 0 unspecified atom stereocenters. The van der Waals surface area contributed by atoms with Crippen molar-refractivity contribution in [1.29, 1.82) is 0 Å². The van der Waals surface area contributed by atoms with Gasteiger partial charge in [0.1, 0.15) is 5.92 Å². The smallest absolute Gasteiger partial charge is 0.0551 e. The van der Waals surface area contributed by atoms with Gasteiger partial charge in [-0.2, -0.15) is 0 Å². The first-order chi connectivity index (χ1) is 5.19. The van der Waals surface area contributed by atoms with E-state index in [2.05, 4.69) is 13.8 Å². The molecule has 11 heavy (non-hydrogen) atoms. The van der Waals surface area contributed by atoms with Gasteiger partial charge in [0, 0.05) is 17.3 Å². The van der Waals surface area contributed by atoms with Crippen LogP contribution in [0.5, 0.6) is 0 Å². The second-order valence-electron chi connectivity index (χ2n) is 5.39. The van der Waals surface area contributed by atoms with E-state index in [9.17, 15) is 0 Å². The number of fused-ring (bicyclic) bond motifs is 1. The molecule has 60 valence electrons. The second kappa shape index (κ2) is 1.62. The van der Waals surface area contributed by atoms with Gasteiger partial charge in [-0.05, 0) is 12.8 Å². The van der Waals surface area contributed by atoms with Crippen molar-refractivity contribution < 1.29 is 0 Å². The van der Waals surface area contributed by atoms with E-state index < -0.39 is 0 Å². The lowest BCUT2D eigenvalue weighted by Gasteiger charge is -2.18. The normalized spacial score (nSPS) is 50.7. The fourth-order valence-corrected chi connectivity index (χ4v) is 4.23. The van der Waals surface area contributed by atoms with Crippen LogP contribution < -0.4 is 0 Å². The van der Waals surface area contributed by atoms with Crippen LogP contribution in [0.2, 0.25) is 0 Å². The third-order valence-electron chi connectivity index (χ3n) is 4.70. The molecule has 0 aromatic heterocycles. The summed E-state index contributed by atoms with van der Waals surface area (Å²) >= 11 is 0. The van der Waals surface area contributed by atoms with Crippen LogP contribution in [0.3, 0.4) is 0 Å². The predicted molar refractivity (Wildman–Crippen MR) is 46.0 cm³/mol. The quantitative estimate of drug-likeness (QED) is 0.464. The Kier molecular flexibility index (Phi) is 0.944. The third-order valence-corrected chi connectivity index (χ3v) is 4.70. The molecule has 2 bridgehead atoms. The Hall–Kier alpha value is -0.130. The molecular weight excluding hydrogens is 132 g/mol. The Morgan fingerprint density at radius 2 is 2.18 bits per heavy atom. The van der Waals surface area contributed by atoms with Gasteiger partial charge in [0.05, 0.1) is 18.8 Å². The summed E-state index contributed by atoms with van der Waals surface area (Å²) in [6.45, 7) is 5.00. The van der Waals surface area contributed by atoms with Gasteiger partial charge in [0.2, 0.25) is 0 Å². The van der Waals surface area contributed by atoms with Crippen LogP contribution in [0, 0.1) is 29.1 Å². The maximum absolute atomic E-state index is 2.50. The molecule has 0 aromatic rings. The summed E-state index contributed by atoms with van der Waals surface area (Å²) < 4.78 is 0. The molecule has 0 amide bonds. The van der Waals surface area contributed by atoms with Gasteiger partial charge < -0.3 is 0 Å². The monoisotopic (exact) mass is 149 g/mol. The van der Waals surface area contributed by atoms with Crippen molar-refractivity contribution in [2.45, 2.75) is 39.5 Å². The Balaban J connectivity index is 2.06. The highest BCUT2D eigenvalue weighted by Gasteiger charge is 2.68. The highest BCUT2D eigenvalue weighted by molar-refractivity contribution is 5.22. The fourth-order valence-electron chi connectivity index (χ4n) is 4.23. The van der Waals surface area contributed by atoms with Gasteiger partial charge in [-0.3, -0.25) is 0 Å². The van der Waals surface area contributed by atoms with Crippen molar-refractivity contribution in [3.63, 3.8) is 0 Å². The molecule has 0 aromatic carbocycles. The minimum Gasteiger partial charge on any atom is -0.0551 e. The lowest BCUT2D eigenvalue weighted by atomic mass is 9.80. The molecule has 3 saturated carbocycles. The molecule has 3 aliphatic rings. The Bertz CT molecular complexity index is 178. The van der Waals surface area contributed by atoms with Crippen LogP contribution in [0.25, 0.3) is 0 Å². The van der Waals surface area contributed by atoms with Gasteiger partial charge in [-0.15, -0.1) is 0 Å². The minimum atomic E-state index is 0.691. The summed E-state index contributed by atoms with van der Waals surface area (Å²) in [5.41, 5.74) is 0.691. The predicted octanol–water partition coefficient (Wildman–Crippen LogP) is 3.04. The van der Waals surface area contributed by atoms with Crippen molar-refractivity contribution in [3.05, 3.63) is 5.92 Å². The Labute approximate surface area is 69.4 Å². The average molecular weight is 149 g/mol. The minimum absolute atomic E-state index is 0.691. The van der Waals surface area contributed by atoms with Gasteiger partial charge in [-0.25, -0.2) is 0 Å². The Morgan fingerprint density at radius 1 is 1.36 bits per heavy atom. The zero-order valence-electron chi connectivity index (χ0n) is 7.56. The fraction of sp³-hybridized carbons (Fsp3) is 0.909. The van der Waals surface area contributed by atoms with E-state index in [-0.39, 0.29) is 0 Å². The molecule has 0 aliphatic heterocycles. The van der Waals surface area contributed by atoms with E-state index in [1.165, 1.54) is 19.3 Å². The average Bonchev–Trinajstić information content (AvgIpc) is 2.42. The number of rotatable bonds is 0. The van der Waals surface area contributed by atoms with Crippen LogP contribution in [-0.4, -0.2) is 0 Å². The first-order valence-electron chi connectivity index (χ1n) is 5.04. The lowest BCUT2D eigenvalue weighted by molar-refractivity contribution is 0.256. The summed E-state index contributed by atoms with van der Waals surface area (Å²) in [6, 6.07) is 0. The van der Waals surface area contributed by atoms with Crippen LogP contribution >= 0.6 is 0 Å². The molecular formula is C11H17+. The molecule has 0 saturated heterocycles. The first-order valence-corrected chi connectivity index (χ1v) is 5.04. The SMILES string of the molecule is CC1(C)[C@@H]2C[C+]3CC[C@@H](C2)[C@H]31. The van der Waals surface area contributed by atoms with E-state index >= 15 is 0 Å². The second-order valence-corrected chi connectivity index (χ2v) is 5.39. The van der Waals surface area contributed by atoms with Crippen molar-refractivity contribution in [3.8, 4) is 0 Å². The maximum Gasteiger partial charge on any atom is 0.109 e. The van der Waals surface area contributed by atoms with Crippen molar-refractivity contribution >= 4 is 0 Å². The third kappa shape index (κ3) is 0.566. The Morgan fingerprint density at radius 3 is 2.73 bits per heavy atom. The molecule has 3 atom stereocenters. The van der Waals surface area contributed by atoms with Crippen molar-refractivity contribution in [2.75, 3.05) is 0 Å². The van der Waals surface area contributed by atoms with E-state index in [0.29, 0.717) is 5.41 Å². The molecule has 0 nitrogen and oxygen atoms in total. The molecule has 0 radical (unpaired) electrons. The summed E-state index contributed by atoms with van der Waals surface area (Å²) in [7, 11) is 0. The molecule has 0 heteroatoms. The lowest BCUT2D eigenvalue weighted by Crippen LogP contribution is -2.19. The van der Waals surface area contributed by atoms with Crippen LogP contribution in [0.15, 0.2) is 0 Å². The molecule has 3 aliphatic carbocycles. The molecule has 3 fully saturated rings. The molecule has 3 rings (SSSR count). The summed E-state index contributed by atoms with van der Waals surface area (Å²) in [5, 5.41) is 0. The maximum atomic E-state index is 2.50. The van der Waals surface area contributed by atoms with E-state index in [4.69, 9.17) is 0 Å². The van der Waals surface area contributed by atoms with Crippen LogP contribution in [-0.2, 0) is 0 Å². The van der Waals surface area contributed by atoms with Gasteiger partial charge in [-0.1, -0.05) is 13.8 Å². The van der Waals surface area contributed by atoms with E-state index in [0.717, 1.165) is 17.8 Å². The van der Waals surface area contributed by atoms with E-state index in [1.807, 2.05) is 5.92 Å². The zero-order valence-corrected chi connectivity index (χ0v) is 7.56. The first kappa shape index (κ1) is 6.39. The largest absolute Gasteiger partial charge is 0.109 e. The van der Waals surface area contributed by atoms with Crippen LogP contribution in [0.1, 0.15) is 39.5 Å². The van der Waals surface area contributed by atoms with Crippen molar-refractivity contribution in [2.24, 2.45) is 23.2 Å². The van der Waals surface area contributed by atoms with Gasteiger partial charge in [0.15, 0.2) is 0 Å². The highest BCUT2D eigenvalue weighted by atomic mass is 14.6. The zero-order chi connectivity index (χ0) is 7.64. The summed E-state index contributed by atoms with van der Waals surface area (Å²) in [6.07, 6.45) is 6.06.